The maximum atomic E-state index is 13.7. The molecule has 4 nitrogen and oxygen atoms in total. The predicted molar refractivity (Wildman–Crippen MR) is 63.3 cm³/mol. The van der Waals surface area contributed by atoms with Crippen molar-refractivity contribution in [3.8, 4) is 0 Å². The summed E-state index contributed by atoms with van der Waals surface area (Å²) in [5, 5.41) is 3.97. The van der Waals surface area contributed by atoms with Gasteiger partial charge in [-0.3, -0.25) is 16.0 Å². The van der Waals surface area contributed by atoms with Crippen LogP contribution in [0.15, 0.2) is 24.5 Å². The number of aryl methyl sites for hydroxylation is 1. The minimum atomic E-state index is -1.50. The monoisotopic (exact) mass is 270 g/mol. The maximum Gasteiger partial charge on any atom is 0.194 e. The highest BCUT2D eigenvalue weighted by Crippen LogP contribution is 2.23. The molecule has 1 aromatic heterocycles. The molecule has 1 aromatic carbocycles. The van der Waals surface area contributed by atoms with Crippen LogP contribution in [0.2, 0.25) is 0 Å². The molecule has 1 unspecified atom stereocenters. The molecule has 0 aliphatic rings. The second-order valence-corrected chi connectivity index (χ2v) is 4.21. The van der Waals surface area contributed by atoms with Gasteiger partial charge in [0, 0.05) is 18.8 Å². The van der Waals surface area contributed by atoms with E-state index in [9.17, 15) is 13.2 Å². The van der Waals surface area contributed by atoms with Gasteiger partial charge in [-0.15, -0.1) is 0 Å². The predicted octanol–water partition coefficient (Wildman–Crippen LogP) is 1.58. The zero-order chi connectivity index (χ0) is 14.0. The first-order valence-electron chi connectivity index (χ1n) is 5.60. The first-order valence-corrected chi connectivity index (χ1v) is 5.60. The van der Waals surface area contributed by atoms with Gasteiger partial charge in [-0.1, -0.05) is 6.07 Å². The average molecular weight is 270 g/mol. The van der Waals surface area contributed by atoms with Gasteiger partial charge in [0.25, 0.3) is 0 Å². The molecule has 19 heavy (non-hydrogen) atoms. The first-order chi connectivity index (χ1) is 9.02. The summed E-state index contributed by atoms with van der Waals surface area (Å²) >= 11 is 0. The van der Waals surface area contributed by atoms with Crippen molar-refractivity contribution < 1.29 is 13.2 Å². The Labute approximate surface area is 108 Å². The van der Waals surface area contributed by atoms with Crippen LogP contribution >= 0.6 is 0 Å². The Kier molecular flexibility index (Phi) is 3.87. The van der Waals surface area contributed by atoms with Gasteiger partial charge >= 0.3 is 0 Å². The third kappa shape index (κ3) is 2.77. The fourth-order valence-corrected chi connectivity index (χ4v) is 1.88. The lowest BCUT2D eigenvalue weighted by Gasteiger charge is -2.16. The maximum absolute atomic E-state index is 13.7. The van der Waals surface area contributed by atoms with E-state index in [0.717, 1.165) is 11.6 Å². The van der Waals surface area contributed by atoms with E-state index in [0.29, 0.717) is 6.42 Å². The number of aromatic nitrogens is 2. The number of hydrazine groups is 1. The van der Waals surface area contributed by atoms with Crippen LogP contribution in [-0.2, 0) is 13.5 Å². The second kappa shape index (κ2) is 5.41. The smallest absolute Gasteiger partial charge is 0.194 e. The Bertz CT molecular complexity index is 582. The molecule has 7 heteroatoms. The molecule has 3 N–H and O–H groups in total. The van der Waals surface area contributed by atoms with Crippen molar-refractivity contribution in [2.24, 2.45) is 12.9 Å². The van der Waals surface area contributed by atoms with Gasteiger partial charge in [-0.2, -0.15) is 5.10 Å². The van der Waals surface area contributed by atoms with Crippen molar-refractivity contribution in [2.75, 3.05) is 0 Å². The number of rotatable bonds is 4. The minimum Gasteiger partial charge on any atom is -0.276 e. The summed E-state index contributed by atoms with van der Waals surface area (Å²) in [6, 6.07) is 1.38. The Morgan fingerprint density at radius 3 is 2.63 bits per heavy atom. The quantitative estimate of drug-likeness (QED) is 0.504. The largest absolute Gasteiger partial charge is 0.276 e. The molecule has 102 valence electrons. The molecule has 1 heterocycles. The summed E-state index contributed by atoms with van der Waals surface area (Å²) < 4.78 is 41.3. The van der Waals surface area contributed by atoms with E-state index in [1.54, 1.807) is 24.1 Å². The number of nitrogens with two attached hydrogens (primary N) is 1. The van der Waals surface area contributed by atoms with Crippen LogP contribution in [-0.4, -0.2) is 9.78 Å². The fourth-order valence-electron chi connectivity index (χ4n) is 1.88. The molecular weight excluding hydrogens is 257 g/mol. The summed E-state index contributed by atoms with van der Waals surface area (Å²) in [7, 11) is 1.74. The lowest BCUT2D eigenvalue weighted by molar-refractivity contribution is 0.425. The molecular formula is C12H13F3N4. The lowest BCUT2D eigenvalue weighted by atomic mass is 10.0. The van der Waals surface area contributed by atoms with E-state index < -0.39 is 23.5 Å². The summed E-state index contributed by atoms with van der Waals surface area (Å²) in [5.41, 5.74) is 3.18. The second-order valence-electron chi connectivity index (χ2n) is 4.21. The number of benzene rings is 1. The van der Waals surface area contributed by atoms with Crippen molar-refractivity contribution in [1.29, 1.82) is 0 Å². The van der Waals surface area contributed by atoms with Crippen LogP contribution < -0.4 is 11.3 Å². The summed E-state index contributed by atoms with van der Waals surface area (Å²) in [4.78, 5) is 0. The van der Waals surface area contributed by atoms with Crippen molar-refractivity contribution in [2.45, 2.75) is 12.5 Å². The minimum absolute atomic E-state index is 0.0229. The fraction of sp³-hybridized carbons (Fsp3) is 0.250. The zero-order valence-corrected chi connectivity index (χ0v) is 10.2. The average Bonchev–Trinajstić information content (AvgIpc) is 2.80. The lowest BCUT2D eigenvalue weighted by Crippen LogP contribution is -2.30. The van der Waals surface area contributed by atoms with Gasteiger partial charge in [0.1, 0.15) is 0 Å². The molecule has 0 radical (unpaired) electrons. The summed E-state index contributed by atoms with van der Waals surface area (Å²) in [6.07, 6.45) is 3.65. The van der Waals surface area contributed by atoms with E-state index in [-0.39, 0.29) is 5.56 Å². The van der Waals surface area contributed by atoms with Crippen molar-refractivity contribution in [1.82, 2.24) is 15.2 Å². The Morgan fingerprint density at radius 1 is 1.32 bits per heavy atom. The van der Waals surface area contributed by atoms with Crippen molar-refractivity contribution >= 4 is 0 Å². The molecule has 1 atom stereocenters. The van der Waals surface area contributed by atoms with Crippen LogP contribution in [0.25, 0.3) is 0 Å². The van der Waals surface area contributed by atoms with Gasteiger partial charge in [0.15, 0.2) is 17.5 Å². The highest BCUT2D eigenvalue weighted by Gasteiger charge is 2.20. The Balaban J connectivity index is 2.29. The van der Waals surface area contributed by atoms with Crippen molar-refractivity contribution in [3.05, 3.63) is 53.1 Å². The van der Waals surface area contributed by atoms with E-state index >= 15 is 0 Å². The highest BCUT2D eigenvalue weighted by atomic mass is 19.2. The molecule has 0 aliphatic heterocycles. The van der Waals surface area contributed by atoms with Gasteiger partial charge in [-0.05, 0) is 18.1 Å². The van der Waals surface area contributed by atoms with Gasteiger partial charge < -0.3 is 0 Å². The van der Waals surface area contributed by atoms with Crippen LogP contribution in [0.5, 0.6) is 0 Å². The summed E-state index contributed by atoms with van der Waals surface area (Å²) in [6.45, 7) is 0. The molecule has 0 bridgehead atoms. The van der Waals surface area contributed by atoms with E-state index in [4.69, 9.17) is 5.84 Å². The Hall–Kier alpha value is -1.86. The SMILES string of the molecule is Cn1cc(CC(NN)c2ccc(F)c(F)c2F)cn1. The van der Waals surface area contributed by atoms with Gasteiger partial charge in [0.2, 0.25) is 0 Å². The zero-order valence-electron chi connectivity index (χ0n) is 10.2. The normalized spacial score (nSPS) is 12.7. The topological polar surface area (TPSA) is 55.9 Å². The summed E-state index contributed by atoms with van der Waals surface area (Å²) in [5.74, 6) is 1.41. The number of hydrogen-bond donors (Lipinski definition) is 2. The number of nitrogens with zero attached hydrogens (tertiary/aromatic N) is 2. The van der Waals surface area contributed by atoms with E-state index in [1.807, 2.05) is 0 Å². The molecule has 0 aliphatic carbocycles. The number of nitrogens with one attached hydrogen (secondary N) is 1. The highest BCUT2D eigenvalue weighted by molar-refractivity contribution is 5.25. The molecule has 0 fully saturated rings. The molecule has 0 spiro atoms. The van der Waals surface area contributed by atoms with Crippen LogP contribution in [0.3, 0.4) is 0 Å². The third-order valence-electron chi connectivity index (χ3n) is 2.84. The van der Waals surface area contributed by atoms with Crippen LogP contribution in [0, 0.1) is 17.5 Å². The molecule has 2 aromatic rings. The Morgan fingerprint density at radius 2 is 2.05 bits per heavy atom. The van der Waals surface area contributed by atoms with Crippen LogP contribution in [0.1, 0.15) is 17.2 Å². The standard InChI is InChI=1S/C12H13F3N4/c1-19-6-7(5-17-19)4-10(18-16)8-2-3-9(13)12(15)11(8)14/h2-3,5-6,10,18H,4,16H2,1H3. The van der Waals surface area contributed by atoms with E-state index in [2.05, 4.69) is 10.5 Å². The van der Waals surface area contributed by atoms with E-state index in [1.165, 1.54) is 6.07 Å². The molecule has 0 saturated carbocycles. The van der Waals surface area contributed by atoms with Gasteiger partial charge in [-0.25, -0.2) is 13.2 Å². The third-order valence-corrected chi connectivity index (χ3v) is 2.84. The molecule has 0 amide bonds. The van der Waals surface area contributed by atoms with Crippen molar-refractivity contribution in [3.63, 3.8) is 0 Å². The number of hydrogen-bond acceptors (Lipinski definition) is 3. The number of halogens is 3. The van der Waals surface area contributed by atoms with Gasteiger partial charge in [0.05, 0.1) is 12.2 Å². The van der Waals surface area contributed by atoms with Crippen LogP contribution in [0.4, 0.5) is 13.2 Å². The molecule has 0 saturated heterocycles. The molecule has 2 rings (SSSR count). The first kappa shape index (κ1) is 13.6.